The molecule has 1 saturated heterocycles. The van der Waals surface area contributed by atoms with Gasteiger partial charge in [0.25, 0.3) is 0 Å². The third-order valence-electron chi connectivity index (χ3n) is 5.21. The first-order chi connectivity index (χ1) is 13.7. The molecule has 1 N–H and O–H groups in total. The van der Waals surface area contributed by atoms with Gasteiger partial charge in [-0.05, 0) is 42.0 Å². The number of piperazine rings is 1. The van der Waals surface area contributed by atoms with Gasteiger partial charge in [-0.15, -0.1) is 0 Å². The predicted molar refractivity (Wildman–Crippen MR) is 106 cm³/mol. The largest absolute Gasteiger partial charge is 0.497 e. The highest BCUT2D eigenvalue weighted by Gasteiger charge is 2.23. The van der Waals surface area contributed by atoms with E-state index in [1.54, 1.807) is 13.2 Å². The van der Waals surface area contributed by atoms with Gasteiger partial charge in [-0.3, -0.25) is 4.79 Å². The first-order valence-electron chi connectivity index (χ1n) is 9.54. The standard InChI is InChI=1S/C22H24N2O4/c1-26-19-6-2-17(3-7-19)5-9-22(25)24-12-10-23(11-13-24)15-18-4-8-20-21(14-18)28-16-27-20/h2-9,14H,10-13,15-16H2,1H3/p+1. The monoisotopic (exact) mass is 381 g/mol. The summed E-state index contributed by atoms with van der Waals surface area (Å²) in [5.41, 5.74) is 2.22. The topological polar surface area (TPSA) is 52.4 Å². The van der Waals surface area contributed by atoms with Crippen LogP contribution in [0.4, 0.5) is 0 Å². The van der Waals surface area contributed by atoms with E-state index < -0.39 is 0 Å². The van der Waals surface area contributed by atoms with Gasteiger partial charge < -0.3 is 24.0 Å². The highest BCUT2D eigenvalue weighted by atomic mass is 16.7. The molecule has 1 amide bonds. The van der Waals surface area contributed by atoms with Crippen molar-refractivity contribution in [1.82, 2.24) is 4.90 Å². The lowest BCUT2D eigenvalue weighted by Crippen LogP contribution is -3.13. The van der Waals surface area contributed by atoms with Crippen molar-refractivity contribution in [3.63, 3.8) is 0 Å². The van der Waals surface area contributed by atoms with Crippen molar-refractivity contribution in [2.24, 2.45) is 0 Å². The van der Waals surface area contributed by atoms with E-state index in [0.29, 0.717) is 6.79 Å². The van der Waals surface area contributed by atoms with E-state index in [0.717, 1.165) is 55.5 Å². The number of benzene rings is 2. The minimum absolute atomic E-state index is 0.0675. The van der Waals surface area contributed by atoms with Crippen LogP contribution in [0.2, 0.25) is 0 Å². The SMILES string of the molecule is COc1ccc(C=CC(=O)N2CC[NH+](Cc3ccc4c(c3)OCO4)CC2)cc1. The molecule has 0 unspecified atom stereocenters. The number of nitrogens with zero attached hydrogens (tertiary/aromatic N) is 1. The molecular weight excluding hydrogens is 356 g/mol. The summed E-state index contributed by atoms with van der Waals surface area (Å²) in [7, 11) is 1.64. The van der Waals surface area contributed by atoms with E-state index in [1.165, 1.54) is 10.5 Å². The van der Waals surface area contributed by atoms with Crippen molar-refractivity contribution in [2.75, 3.05) is 40.1 Å². The Morgan fingerprint density at radius 3 is 2.61 bits per heavy atom. The molecule has 2 aliphatic rings. The van der Waals surface area contributed by atoms with Gasteiger partial charge in [-0.2, -0.15) is 0 Å². The molecule has 0 saturated carbocycles. The number of carbonyl (C=O) groups is 1. The minimum atomic E-state index is 0.0675. The fourth-order valence-electron chi connectivity index (χ4n) is 3.55. The number of quaternary nitrogens is 1. The number of fused-ring (bicyclic) bond motifs is 1. The van der Waals surface area contributed by atoms with E-state index in [-0.39, 0.29) is 5.91 Å². The van der Waals surface area contributed by atoms with E-state index in [1.807, 2.05) is 41.3 Å². The van der Waals surface area contributed by atoms with Crippen molar-refractivity contribution in [2.45, 2.75) is 6.54 Å². The van der Waals surface area contributed by atoms with Crippen LogP contribution in [0.1, 0.15) is 11.1 Å². The van der Waals surface area contributed by atoms with Crippen molar-refractivity contribution in [3.8, 4) is 17.2 Å². The maximum Gasteiger partial charge on any atom is 0.246 e. The van der Waals surface area contributed by atoms with Crippen LogP contribution in [0.5, 0.6) is 17.2 Å². The van der Waals surface area contributed by atoms with Crippen LogP contribution in [0.3, 0.4) is 0 Å². The molecule has 0 bridgehead atoms. The zero-order chi connectivity index (χ0) is 19.3. The second-order valence-corrected chi connectivity index (χ2v) is 7.05. The number of rotatable bonds is 5. The number of amides is 1. The Kier molecular flexibility index (Phi) is 5.48. The van der Waals surface area contributed by atoms with Crippen molar-refractivity contribution in [3.05, 3.63) is 59.7 Å². The van der Waals surface area contributed by atoms with E-state index >= 15 is 0 Å². The lowest BCUT2D eigenvalue weighted by Gasteiger charge is -2.31. The molecule has 0 radical (unpaired) electrons. The van der Waals surface area contributed by atoms with Crippen LogP contribution in [0.25, 0.3) is 6.08 Å². The fraction of sp³-hybridized carbons (Fsp3) is 0.318. The molecule has 2 heterocycles. The third kappa shape index (κ3) is 4.28. The molecule has 0 atom stereocenters. The highest BCUT2D eigenvalue weighted by Crippen LogP contribution is 2.32. The number of hydrogen-bond acceptors (Lipinski definition) is 4. The van der Waals surface area contributed by atoms with Gasteiger partial charge in [0.15, 0.2) is 11.5 Å². The highest BCUT2D eigenvalue weighted by molar-refractivity contribution is 5.91. The summed E-state index contributed by atoms with van der Waals surface area (Å²) < 4.78 is 16.0. The van der Waals surface area contributed by atoms with E-state index in [4.69, 9.17) is 14.2 Å². The number of methoxy groups -OCH3 is 1. The number of carbonyl (C=O) groups excluding carboxylic acids is 1. The summed E-state index contributed by atoms with van der Waals surface area (Å²) in [6.45, 7) is 4.65. The Morgan fingerprint density at radius 1 is 1.11 bits per heavy atom. The molecule has 28 heavy (non-hydrogen) atoms. The minimum Gasteiger partial charge on any atom is -0.497 e. The zero-order valence-corrected chi connectivity index (χ0v) is 16.0. The average Bonchev–Trinajstić information content (AvgIpc) is 3.21. The van der Waals surface area contributed by atoms with Gasteiger partial charge in [0.05, 0.1) is 33.3 Å². The molecule has 0 aliphatic carbocycles. The van der Waals surface area contributed by atoms with Crippen LogP contribution < -0.4 is 19.1 Å². The third-order valence-corrected chi connectivity index (χ3v) is 5.21. The molecule has 146 valence electrons. The van der Waals surface area contributed by atoms with Crippen LogP contribution in [0.15, 0.2) is 48.5 Å². The molecule has 6 nitrogen and oxygen atoms in total. The van der Waals surface area contributed by atoms with Gasteiger partial charge in [0.1, 0.15) is 12.3 Å². The first-order valence-corrected chi connectivity index (χ1v) is 9.54. The molecular formula is C22H25N2O4+. The molecule has 2 aromatic carbocycles. The predicted octanol–water partition coefficient (Wildman–Crippen LogP) is 1.36. The van der Waals surface area contributed by atoms with E-state index in [2.05, 4.69) is 12.1 Å². The maximum atomic E-state index is 12.5. The molecule has 1 fully saturated rings. The number of hydrogen-bond donors (Lipinski definition) is 1. The Labute approximate surface area is 164 Å². The van der Waals surface area contributed by atoms with Crippen LogP contribution >= 0.6 is 0 Å². The van der Waals surface area contributed by atoms with Crippen molar-refractivity contribution >= 4 is 12.0 Å². The fourth-order valence-corrected chi connectivity index (χ4v) is 3.55. The summed E-state index contributed by atoms with van der Waals surface area (Å²) in [6.07, 6.45) is 3.51. The summed E-state index contributed by atoms with van der Waals surface area (Å²) >= 11 is 0. The Morgan fingerprint density at radius 2 is 1.86 bits per heavy atom. The smallest absolute Gasteiger partial charge is 0.246 e. The second-order valence-electron chi connectivity index (χ2n) is 7.05. The molecule has 0 spiro atoms. The summed E-state index contributed by atoms with van der Waals surface area (Å²) in [6, 6.07) is 13.8. The van der Waals surface area contributed by atoms with Crippen LogP contribution in [-0.2, 0) is 11.3 Å². The van der Waals surface area contributed by atoms with E-state index in [9.17, 15) is 4.79 Å². The average molecular weight is 381 g/mol. The summed E-state index contributed by atoms with van der Waals surface area (Å²) in [5, 5.41) is 0. The number of nitrogens with one attached hydrogen (secondary N) is 1. The van der Waals surface area contributed by atoms with Crippen molar-refractivity contribution in [1.29, 1.82) is 0 Å². The van der Waals surface area contributed by atoms with Crippen LogP contribution in [-0.4, -0.2) is 50.9 Å². The second kappa shape index (κ2) is 8.35. The molecule has 6 heteroatoms. The lowest BCUT2D eigenvalue weighted by molar-refractivity contribution is -0.917. The normalized spacial score (nSPS) is 16.5. The Balaban J connectivity index is 1.27. The number of ether oxygens (including phenoxy) is 3. The summed E-state index contributed by atoms with van der Waals surface area (Å²) in [5.74, 6) is 2.52. The van der Waals surface area contributed by atoms with Crippen LogP contribution in [0, 0.1) is 0 Å². The van der Waals surface area contributed by atoms with Crippen molar-refractivity contribution < 1.29 is 23.9 Å². The van der Waals surface area contributed by atoms with Gasteiger partial charge in [-0.1, -0.05) is 12.1 Å². The Bertz CT molecular complexity index is 855. The summed E-state index contributed by atoms with van der Waals surface area (Å²) in [4.78, 5) is 15.9. The molecule has 2 aliphatic heterocycles. The van der Waals surface area contributed by atoms with Gasteiger partial charge in [0.2, 0.25) is 12.7 Å². The van der Waals surface area contributed by atoms with Gasteiger partial charge in [0, 0.05) is 11.6 Å². The molecule has 0 aromatic heterocycles. The first kappa shape index (κ1) is 18.4. The molecule has 4 rings (SSSR count). The Hall–Kier alpha value is -2.99. The zero-order valence-electron chi connectivity index (χ0n) is 16.0. The quantitative estimate of drug-likeness (QED) is 0.795. The molecule has 2 aromatic rings. The lowest BCUT2D eigenvalue weighted by atomic mass is 10.1. The maximum absolute atomic E-state index is 12.5. The van der Waals surface area contributed by atoms with Gasteiger partial charge in [-0.25, -0.2) is 0 Å². The van der Waals surface area contributed by atoms with Gasteiger partial charge >= 0.3 is 0 Å².